The van der Waals surface area contributed by atoms with Crippen LogP contribution in [0.4, 0.5) is 0 Å². The van der Waals surface area contributed by atoms with E-state index in [2.05, 4.69) is 18.8 Å². The SMILES string of the molecule is CC(C)CCOc1ccnc(C(=O)O)c1O. The molecular formula is C11H15NO4. The van der Waals surface area contributed by atoms with Crippen LogP contribution in [0.2, 0.25) is 0 Å². The lowest BCUT2D eigenvalue weighted by atomic mass is 10.1. The van der Waals surface area contributed by atoms with Crippen molar-refractivity contribution in [2.24, 2.45) is 5.92 Å². The molecule has 1 aromatic heterocycles. The number of aromatic nitrogens is 1. The van der Waals surface area contributed by atoms with Gasteiger partial charge in [-0.3, -0.25) is 0 Å². The molecule has 0 saturated heterocycles. The second-order valence-electron chi connectivity index (χ2n) is 3.84. The lowest BCUT2D eigenvalue weighted by Gasteiger charge is -2.10. The Morgan fingerprint density at radius 1 is 1.56 bits per heavy atom. The topological polar surface area (TPSA) is 79.7 Å². The average molecular weight is 225 g/mol. The van der Waals surface area contributed by atoms with Crippen molar-refractivity contribution >= 4 is 5.97 Å². The molecule has 0 unspecified atom stereocenters. The molecule has 88 valence electrons. The van der Waals surface area contributed by atoms with Gasteiger partial charge in [-0.15, -0.1) is 0 Å². The van der Waals surface area contributed by atoms with Crippen LogP contribution in [0.1, 0.15) is 30.8 Å². The first-order chi connectivity index (χ1) is 7.52. The first kappa shape index (κ1) is 12.3. The van der Waals surface area contributed by atoms with Gasteiger partial charge in [0.05, 0.1) is 6.61 Å². The zero-order valence-corrected chi connectivity index (χ0v) is 9.30. The van der Waals surface area contributed by atoms with Gasteiger partial charge in [-0.25, -0.2) is 9.78 Å². The molecule has 5 heteroatoms. The van der Waals surface area contributed by atoms with Crippen molar-refractivity contribution in [3.05, 3.63) is 18.0 Å². The Morgan fingerprint density at radius 3 is 2.81 bits per heavy atom. The number of aromatic hydroxyl groups is 1. The first-order valence-electron chi connectivity index (χ1n) is 5.06. The Kier molecular flexibility index (Phi) is 4.10. The van der Waals surface area contributed by atoms with E-state index in [4.69, 9.17) is 9.84 Å². The lowest BCUT2D eigenvalue weighted by molar-refractivity contribution is 0.0686. The van der Waals surface area contributed by atoms with E-state index < -0.39 is 11.7 Å². The lowest BCUT2D eigenvalue weighted by Crippen LogP contribution is -2.05. The van der Waals surface area contributed by atoms with Crippen LogP contribution in [0.15, 0.2) is 12.3 Å². The molecule has 1 heterocycles. The highest BCUT2D eigenvalue weighted by Crippen LogP contribution is 2.28. The van der Waals surface area contributed by atoms with E-state index in [1.807, 2.05) is 0 Å². The van der Waals surface area contributed by atoms with Gasteiger partial charge in [-0.05, 0) is 12.3 Å². The third-order valence-electron chi connectivity index (χ3n) is 2.04. The van der Waals surface area contributed by atoms with E-state index in [0.717, 1.165) is 6.42 Å². The van der Waals surface area contributed by atoms with Crippen LogP contribution in [0.3, 0.4) is 0 Å². The quantitative estimate of drug-likeness (QED) is 0.800. The van der Waals surface area contributed by atoms with Crippen LogP contribution >= 0.6 is 0 Å². The minimum Gasteiger partial charge on any atom is -0.503 e. The summed E-state index contributed by atoms with van der Waals surface area (Å²) in [7, 11) is 0. The van der Waals surface area contributed by atoms with Crippen LogP contribution in [-0.2, 0) is 0 Å². The highest BCUT2D eigenvalue weighted by Gasteiger charge is 2.15. The second-order valence-corrected chi connectivity index (χ2v) is 3.84. The minimum absolute atomic E-state index is 0.160. The van der Waals surface area contributed by atoms with Crippen LogP contribution in [0.25, 0.3) is 0 Å². The fraction of sp³-hybridized carbons (Fsp3) is 0.455. The standard InChI is InChI=1S/C11H15NO4/c1-7(2)4-6-16-8-3-5-12-9(10(8)13)11(14)15/h3,5,7,13H,4,6H2,1-2H3,(H,14,15). The van der Waals surface area contributed by atoms with E-state index in [-0.39, 0.29) is 11.4 Å². The van der Waals surface area contributed by atoms with Gasteiger partial charge >= 0.3 is 5.97 Å². The molecule has 0 radical (unpaired) electrons. The summed E-state index contributed by atoms with van der Waals surface area (Å²) in [4.78, 5) is 14.2. The van der Waals surface area contributed by atoms with E-state index in [1.165, 1.54) is 12.3 Å². The molecule has 0 bridgehead atoms. The van der Waals surface area contributed by atoms with E-state index in [0.29, 0.717) is 12.5 Å². The molecule has 16 heavy (non-hydrogen) atoms. The molecule has 0 aliphatic carbocycles. The molecule has 5 nitrogen and oxygen atoms in total. The normalized spacial score (nSPS) is 10.4. The molecule has 0 atom stereocenters. The predicted molar refractivity (Wildman–Crippen MR) is 57.8 cm³/mol. The van der Waals surface area contributed by atoms with Gasteiger partial charge in [0.15, 0.2) is 17.2 Å². The number of ether oxygens (including phenoxy) is 1. The summed E-state index contributed by atoms with van der Waals surface area (Å²) >= 11 is 0. The Labute approximate surface area is 93.7 Å². The molecule has 0 aromatic carbocycles. The average Bonchev–Trinajstić information content (AvgIpc) is 2.19. The Hall–Kier alpha value is -1.78. The van der Waals surface area contributed by atoms with Crippen molar-refractivity contribution < 1.29 is 19.7 Å². The second kappa shape index (κ2) is 5.34. The molecule has 0 spiro atoms. The molecular weight excluding hydrogens is 210 g/mol. The zero-order chi connectivity index (χ0) is 12.1. The van der Waals surface area contributed by atoms with Crippen LogP contribution in [0.5, 0.6) is 11.5 Å². The van der Waals surface area contributed by atoms with Crippen molar-refractivity contribution in [1.29, 1.82) is 0 Å². The van der Waals surface area contributed by atoms with Crippen LogP contribution in [0, 0.1) is 5.92 Å². The van der Waals surface area contributed by atoms with Crippen molar-refractivity contribution in [3.63, 3.8) is 0 Å². The molecule has 1 aromatic rings. The number of nitrogens with zero attached hydrogens (tertiary/aromatic N) is 1. The number of carbonyl (C=O) groups is 1. The molecule has 1 rings (SSSR count). The Bertz CT molecular complexity index is 376. The van der Waals surface area contributed by atoms with Crippen molar-refractivity contribution in [2.75, 3.05) is 6.61 Å². The smallest absolute Gasteiger partial charge is 0.358 e. The number of hydrogen-bond donors (Lipinski definition) is 2. The number of pyridine rings is 1. The largest absolute Gasteiger partial charge is 0.503 e. The molecule has 0 saturated carbocycles. The molecule has 2 N–H and O–H groups in total. The predicted octanol–water partition coefficient (Wildman–Crippen LogP) is 1.91. The maximum absolute atomic E-state index is 10.7. The van der Waals surface area contributed by atoms with Crippen molar-refractivity contribution in [3.8, 4) is 11.5 Å². The summed E-state index contributed by atoms with van der Waals surface area (Å²) in [6.45, 7) is 4.55. The number of rotatable bonds is 5. The minimum atomic E-state index is -1.27. The summed E-state index contributed by atoms with van der Waals surface area (Å²) in [5, 5.41) is 18.3. The van der Waals surface area contributed by atoms with Crippen LogP contribution in [-0.4, -0.2) is 27.8 Å². The van der Waals surface area contributed by atoms with Gasteiger partial charge in [0.25, 0.3) is 0 Å². The summed E-state index contributed by atoms with van der Waals surface area (Å²) < 4.78 is 5.29. The third-order valence-corrected chi connectivity index (χ3v) is 2.04. The Morgan fingerprint density at radius 2 is 2.25 bits per heavy atom. The summed E-state index contributed by atoms with van der Waals surface area (Å²) in [5.41, 5.74) is -0.387. The van der Waals surface area contributed by atoms with Gasteiger partial charge in [-0.2, -0.15) is 0 Å². The first-order valence-corrected chi connectivity index (χ1v) is 5.06. The maximum Gasteiger partial charge on any atom is 0.358 e. The number of aromatic carboxylic acids is 1. The molecule has 0 amide bonds. The molecule has 0 aliphatic heterocycles. The summed E-state index contributed by atoms with van der Waals surface area (Å²) in [6, 6.07) is 1.45. The van der Waals surface area contributed by atoms with Gasteiger partial charge in [0.1, 0.15) is 0 Å². The monoisotopic (exact) mass is 225 g/mol. The molecule has 0 aliphatic rings. The van der Waals surface area contributed by atoms with Gasteiger partial charge in [-0.1, -0.05) is 13.8 Å². The number of carboxylic acids is 1. The van der Waals surface area contributed by atoms with Gasteiger partial charge < -0.3 is 14.9 Å². The summed E-state index contributed by atoms with van der Waals surface area (Å²) in [6.07, 6.45) is 2.14. The summed E-state index contributed by atoms with van der Waals surface area (Å²) in [5.74, 6) is -1.04. The molecule has 0 fully saturated rings. The van der Waals surface area contributed by atoms with E-state index in [9.17, 15) is 9.90 Å². The fourth-order valence-electron chi connectivity index (χ4n) is 1.11. The van der Waals surface area contributed by atoms with Gasteiger partial charge in [0.2, 0.25) is 0 Å². The van der Waals surface area contributed by atoms with Crippen molar-refractivity contribution in [1.82, 2.24) is 4.98 Å². The number of hydrogen-bond acceptors (Lipinski definition) is 4. The highest BCUT2D eigenvalue weighted by atomic mass is 16.5. The van der Waals surface area contributed by atoms with Crippen LogP contribution < -0.4 is 4.74 Å². The number of carboxylic acid groups (broad SMARTS) is 1. The van der Waals surface area contributed by atoms with Gasteiger partial charge in [0, 0.05) is 12.3 Å². The van der Waals surface area contributed by atoms with E-state index >= 15 is 0 Å². The van der Waals surface area contributed by atoms with E-state index in [1.54, 1.807) is 0 Å². The zero-order valence-electron chi connectivity index (χ0n) is 9.30. The highest BCUT2D eigenvalue weighted by molar-refractivity contribution is 5.89. The Balaban J connectivity index is 2.73. The maximum atomic E-state index is 10.7. The third kappa shape index (κ3) is 3.12. The van der Waals surface area contributed by atoms with Crippen molar-refractivity contribution in [2.45, 2.75) is 20.3 Å². The fourth-order valence-corrected chi connectivity index (χ4v) is 1.11.